The topological polar surface area (TPSA) is 46.0 Å². The quantitative estimate of drug-likeness (QED) is 0.751. The van der Waals surface area contributed by atoms with E-state index in [1.54, 1.807) is 19.2 Å². The van der Waals surface area contributed by atoms with Gasteiger partial charge in [-0.2, -0.15) is 0 Å². The second-order valence-electron chi connectivity index (χ2n) is 7.04. The SMILES string of the molecule is COc1ccccc1N1CC[NH+](CC(=O)N[C@H](C)c2ccc(Cl)cc2Cl)CC1. The summed E-state index contributed by atoms with van der Waals surface area (Å²) in [5.41, 5.74) is 1.98. The first-order chi connectivity index (χ1) is 13.5. The summed E-state index contributed by atoms with van der Waals surface area (Å²) < 4.78 is 5.46. The lowest BCUT2D eigenvalue weighted by Crippen LogP contribution is -3.15. The predicted molar refractivity (Wildman–Crippen MR) is 114 cm³/mol. The highest BCUT2D eigenvalue weighted by Gasteiger charge is 2.24. The molecule has 2 N–H and O–H groups in total. The minimum absolute atomic E-state index is 0.0271. The van der Waals surface area contributed by atoms with Crippen molar-refractivity contribution < 1.29 is 14.4 Å². The normalized spacial score (nSPS) is 15.9. The van der Waals surface area contributed by atoms with Crippen LogP contribution in [0.4, 0.5) is 5.69 Å². The molecule has 0 saturated carbocycles. The van der Waals surface area contributed by atoms with E-state index in [0.717, 1.165) is 43.2 Å². The maximum atomic E-state index is 12.5. The molecule has 0 bridgehead atoms. The van der Waals surface area contributed by atoms with Gasteiger partial charge in [-0.15, -0.1) is 0 Å². The van der Waals surface area contributed by atoms with Crippen LogP contribution < -0.4 is 19.9 Å². The molecule has 150 valence electrons. The third-order valence-corrected chi connectivity index (χ3v) is 5.68. The van der Waals surface area contributed by atoms with E-state index in [1.165, 1.54) is 4.90 Å². The van der Waals surface area contributed by atoms with E-state index in [1.807, 2.05) is 31.2 Å². The lowest BCUT2D eigenvalue weighted by atomic mass is 10.1. The van der Waals surface area contributed by atoms with Crippen LogP contribution in [-0.4, -0.2) is 45.7 Å². The summed E-state index contributed by atoms with van der Waals surface area (Å²) in [7, 11) is 1.69. The standard InChI is InChI=1S/C21H25Cl2N3O2/c1-15(17-8-7-16(22)13-18(17)23)24-21(27)14-25-9-11-26(12-10-25)19-5-3-4-6-20(19)28-2/h3-8,13,15H,9-12,14H2,1-2H3,(H,24,27)/p+1/t15-/m1/s1. The number of halogens is 2. The number of amides is 1. The van der Waals surface area contributed by atoms with E-state index in [4.69, 9.17) is 27.9 Å². The minimum Gasteiger partial charge on any atom is -0.495 e. The number of nitrogens with zero attached hydrogens (tertiary/aromatic N) is 1. The van der Waals surface area contributed by atoms with Crippen LogP contribution >= 0.6 is 23.2 Å². The summed E-state index contributed by atoms with van der Waals surface area (Å²) in [6.45, 7) is 5.98. The van der Waals surface area contributed by atoms with Crippen LogP contribution in [0.2, 0.25) is 10.0 Å². The van der Waals surface area contributed by atoms with Gasteiger partial charge in [0.2, 0.25) is 0 Å². The first kappa shape index (κ1) is 20.8. The lowest BCUT2D eigenvalue weighted by molar-refractivity contribution is -0.892. The van der Waals surface area contributed by atoms with Crippen molar-refractivity contribution in [3.05, 3.63) is 58.1 Å². The number of carbonyl (C=O) groups excluding carboxylic acids is 1. The van der Waals surface area contributed by atoms with Crippen LogP contribution in [0.5, 0.6) is 5.75 Å². The number of hydrogen-bond acceptors (Lipinski definition) is 3. The fourth-order valence-electron chi connectivity index (χ4n) is 3.58. The Hall–Kier alpha value is -1.95. The molecule has 1 fully saturated rings. The van der Waals surface area contributed by atoms with Gasteiger partial charge in [0, 0.05) is 10.0 Å². The molecule has 1 aliphatic rings. The fraction of sp³-hybridized carbons (Fsp3) is 0.381. The number of rotatable bonds is 6. The van der Waals surface area contributed by atoms with Gasteiger partial charge in [-0.3, -0.25) is 4.79 Å². The first-order valence-electron chi connectivity index (χ1n) is 9.43. The van der Waals surface area contributed by atoms with E-state index in [-0.39, 0.29) is 11.9 Å². The van der Waals surface area contributed by atoms with Crippen LogP contribution in [0.3, 0.4) is 0 Å². The van der Waals surface area contributed by atoms with Gasteiger partial charge in [-0.05, 0) is 36.8 Å². The number of para-hydroxylation sites is 2. The van der Waals surface area contributed by atoms with Gasteiger partial charge in [-0.25, -0.2) is 0 Å². The summed E-state index contributed by atoms with van der Waals surface area (Å²) in [5.74, 6) is 0.914. The summed E-state index contributed by atoms with van der Waals surface area (Å²) in [6, 6.07) is 13.2. The van der Waals surface area contributed by atoms with Gasteiger partial charge in [0.1, 0.15) is 5.75 Å². The van der Waals surface area contributed by atoms with Crippen LogP contribution in [0.25, 0.3) is 0 Å². The summed E-state index contributed by atoms with van der Waals surface area (Å²) in [4.78, 5) is 16.1. The van der Waals surface area contributed by atoms with E-state index in [2.05, 4.69) is 16.3 Å². The summed E-state index contributed by atoms with van der Waals surface area (Å²) >= 11 is 12.2. The van der Waals surface area contributed by atoms with Gasteiger partial charge in [0.25, 0.3) is 5.91 Å². The third-order valence-electron chi connectivity index (χ3n) is 5.11. The van der Waals surface area contributed by atoms with Crippen LogP contribution in [0.1, 0.15) is 18.5 Å². The van der Waals surface area contributed by atoms with E-state index < -0.39 is 0 Å². The van der Waals surface area contributed by atoms with Gasteiger partial charge < -0.3 is 19.9 Å². The maximum absolute atomic E-state index is 12.5. The molecule has 1 amide bonds. The van der Waals surface area contributed by atoms with Crippen molar-refractivity contribution in [2.24, 2.45) is 0 Å². The molecule has 0 aromatic heterocycles. The number of anilines is 1. The number of benzene rings is 2. The van der Waals surface area contributed by atoms with Gasteiger partial charge in [-0.1, -0.05) is 41.4 Å². The molecule has 3 rings (SSSR count). The molecule has 1 aliphatic heterocycles. The molecule has 0 aliphatic carbocycles. The van der Waals surface area contributed by atoms with Crippen molar-refractivity contribution in [3.8, 4) is 5.75 Å². The maximum Gasteiger partial charge on any atom is 0.275 e. The van der Waals surface area contributed by atoms with E-state index >= 15 is 0 Å². The Balaban J connectivity index is 1.51. The molecule has 5 nitrogen and oxygen atoms in total. The Labute approximate surface area is 176 Å². The summed E-state index contributed by atoms with van der Waals surface area (Å²) in [6.07, 6.45) is 0. The Bertz CT molecular complexity index is 823. The third kappa shape index (κ3) is 5.10. The predicted octanol–water partition coefficient (Wildman–Crippen LogP) is 2.58. The second kappa shape index (κ2) is 9.50. The van der Waals surface area contributed by atoms with Gasteiger partial charge in [0.15, 0.2) is 6.54 Å². The monoisotopic (exact) mass is 422 g/mol. The Morgan fingerprint density at radius 3 is 2.61 bits per heavy atom. The second-order valence-corrected chi connectivity index (χ2v) is 7.88. The molecular weight excluding hydrogens is 397 g/mol. The van der Waals surface area contributed by atoms with Crippen molar-refractivity contribution in [2.45, 2.75) is 13.0 Å². The summed E-state index contributed by atoms with van der Waals surface area (Å²) in [5, 5.41) is 4.20. The highest BCUT2D eigenvalue weighted by Crippen LogP contribution is 2.27. The Kier molecular flexibility index (Phi) is 7.05. The minimum atomic E-state index is -0.161. The fourth-order valence-corrected chi connectivity index (χ4v) is 4.15. The highest BCUT2D eigenvalue weighted by atomic mass is 35.5. The number of hydrogen-bond donors (Lipinski definition) is 2. The van der Waals surface area contributed by atoms with E-state index in [9.17, 15) is 4.79 Å². The number of carbonyl (C=O) groups is 1. The number of piperazine rings is 1. The molecule has 28 heavy (non-hydrogen) atoms. The number of methoxy groups -OCH3 is 1. The highest BCUT2D eigenvalue weighted by molar-refractivity contribution is 6.35. The average molecular weight is 423 g/mol. The molecule has 2 aromatic rings. The van der Waals surface area contributed by atoms with Gasteiger partial charge >= 0.3 is 0 Å². The molecule has 7 heteroatoms. The van der Waals surface area contributed by atoms with Crippen molar-refractivity contribution in [1.82, 2.24) is 5.32 Å². The number of nitrogens with one attached hydrogen (secondary N) is 2. The Morgan fingerprint density at radius 2 is 1.93 bits per heavy atom. The van der Waals surface area contributed by atoms with E-state index in [0.29, 0.717) is 16.6 Å². The van der Waals surface area contributed by atoms with Crippen molar-refractivity contribution in [3.63, 3.8) is 0 Å². The molecule has 1 saturated heterocycles. The number of quaternary nitrogens is 1. The van der Waals surface area contributed by atoms with Crippen LogP contribution in [0.15, 0.2) is 42.5 Å². The molecule has 2 aromatic carbocycles. The van der Waals surface area contributed by atoms with Crippen molar-refractivity contribution in [2.75, 3.05) is 44.7 Å². The molecule has 0 radical (unpaired) electrons. The van der Waals surface area contributed by atoms with Crippen LogP contribution in [-0.2, 0) is 4.79 Å². The lowest BCUT2D eigenvalue weighted by Gasteiger charge is -2.34. The number of ether oxygens (including phenoxy) is 1. The Morgan fingerprint density at radius 1 is 1.21 bits per heavy atom. The molecule has 0 unspecified atom stereocenters. The van der Waals surface area contributed by atoms with Crippen molar-refractivity contribution in [1.29, 1.82) is 0 Å². The molecule has 1 heterocycles. The molecule has 0 spiro atoms. The molecule has 1 atom stereocenters. The zero-order chi connectivity index (χ0) is 20.1. The zero-order valence-electron chi connectivity index (χ0n) is 16.2. The zero-order valence-corrected chi connectivity index (χ0v) is 17.7. The average Bonchev–Trinajstić information content (AvgIpc) is 2.68. The first-order valence-corrected chi connectivity index (χ1v) is 10.2. The van der Waals surface area contributed by atoms with Crippen molar-refractivity contribution >= 4 is 34.8 Å². The largest absolute Gasteiger partial charge is 0.495 e. The van der Waals surface area contributed by atoms with Crippen LogP contribution in [0, 0.1) is 0 Å². The van der Waals surface area contributed by atoms with Gasteiger partial charge in [0.05, 0.1) is 45.0 Å². The smallest absolute Gasteiger partial charge is 0.275 e. The molecular formula is C21H26Cl2N3O2+.